The van der Waals surface area contributed by atoms with E-state index in [4.69, 9.17) is 0 Å². The third kappa shape index (κ3) is 3.31. The van der Waals surface area contributed by atoms with Gasteiger partial charge in [-0.15, -0.1) is 0 Å². The topological polar surface area (TPSA) is 0 Å². The molecule has 0 nitrogen and oxygen atoms in total. The minimum absolute atomic E-state index is 0.211. The first-order valence-electron chi connectivity index (χ1n) is 9.20. The summed E-state index contributed by atoms with van der Waals surface area (Å²) in [5.74, 6) is 5.55. The lowest BCUT2D eigenvalue weighted by atomic mass is 9.65. The fraction of sp³-hybridized carbons (Fsp3) is 1.00. The van der Waals surface area contributed by atoms with E-state index in [1.54, 1.807) is 0 Å². The zero-order valence-corrected chi connectivity index (χ0v) is 15.1. The van der Waals surface area contributed by atoms with Gasteiger partial charge >= 0.3 is 0 Å². The smallest absolute Gasteiger partial charge is 0.117 e. The number of hydrogen-bond donors (Lipinski definition) is 0. The minimum atomic E-state index is -0.814. The lowest BCUT2D eigenvalue weighted by molar-refractivity contribution is 0.0988. The Labute approximate surface area is 135 Å². The summed E-state index contributed by atoms with van der Waals surface area (Å²) in [4.78, 5) is 0. The zero-order valence-electron chi connectivity index (χ0n) is 14.3. The van der Waals surface area contributed by atoms with E-state index in [1.807, 2.05) is 13.8 Å². The third-order valence-corrected chi connectivity index (χ3v) is 8.34. The molecule has 0 radical (unpaired) electrons. The average Bonchev–Trinajstić information content (AvgIpc) is 3.02. The number of thioether (sulfide) groups is 1. The molecule has 0 bridgehead atoms. The summed E-state index contributed by atoms with van der Waals surface area (Å²) in [5.41, 5.74) is -0.814. The largest absolute Gasteiger partial charge is 0.243 e. The van der Waals surface area contributed by atoms with Crippen molar-refractivity contribution in [1.82, 2.24) is 0 Å². The van der Waals surface area contributed by atoms with Gasteiger partial charge in [0.15, 0.2) is 0 Å². The van der Waals surface area contributed by atoms with Gasteiger partial charge in [0.1, 0.15) is 5.67 Å². The molecule has 0 spiro atoms. The fourth-order valence-electron chi connectivity index (χ4n) is 4.72. The van der Waals surface area contributed by atoms with E-state index in [0.717, 1.165) is 41.1 Å². The molecule has 0 heterocycles. The minimum Gasteiger partial charge on any atom is -0.243 e. The van der Waals surface area contributed by atoms with Gasteiger partial charge in [0.2, 0.25) is 0 Å². The highest BCUT2D eigenvalue weighted by Crippen LogP contribution is 2.55. The molecule has 5 unspecified atom stereocenters. The highest BCUT2D eigenvalue weighted by molar-refractivity contribution is 7.99. The maximum Gasteiger partial charge on any atom is 0.117 e. The van der Waals surface area contributed by atoms with Crippen LogP contribution in [-0.4, -0.2) is 16.7 Å². The summed E-state index contributed by atoms with van der Waals surface area (Å²) < 4.78 is 14.3. The molecule has 2 heteroatoms. The van der Waals surface area contributed by atoms with Gasteiger partial charge in [-0.1, -0.05) is 34.1 Å². The Morgan fingerprint density at radius 2 is 1.90 bits per heavy atom. The zero-order chi connectivity index (χ0) is 15.2. The van der Waals surface area contributed by atoms with Crippen LogP contribution in [0.1, 0.15) is 66.2 Å². The summed E-state index contributed by atoms with van der Waals surface area (Å²) in [6.07, 6.45) is 8.02. The molecule has 3 aliphatic rings. The Kier molecular flexibility index (Phi) is 4.66. The van der Waals surface area contributed by atoms with Crippen molar-refractivity contribution in [1.29, 1.82) is 0 Å². The van der Waals surface area contributed by atoms with Crippen LogP contribution in [0.3, 0.4) is 0 Å². The van der Waals surface area contributed by atoms with E-state index in [9.17, 15) is 4.39 Å². The molecule has 3 aliphatic carbocycles. The van der Waals surface area contributed by atoms with Gasteiger partial charge in [-0.25, -0.2) is 4.39 Å². The van der Waals surface area contributed by atoms with Crippen molar-refractivity contribution in [3.05, 3.63) is 0 Å². The molecule has 0 aromatic heterocycles. The highest BCUT2D eigenvalue weighted by Gasteiger charge is 2.57. The van der Waals surface area contributed by atoms with Gasteiger partial charge in [0.05, 0.1) is 0 Å². The van der Waals surface area contributed by atoms with Gasteiger partial charge in [-0.3, -0.25) is 0 Å². The maximum absolute atomic E-state index is 14.3. The number of rotatable bonds is 7. The Hall–Kier alpha value is 0.280. The van der Waals surface area contributed by atoms with Crippen LogP contribution in [0.25, 0.3) is 0 Å². The van der Waals surface area contributed by atoms with Crippen LogP contribution in [0.2, 0.25) is 0 Å². The molecule has 0 aliphatic heterocycles. The lowest BCUT2D eigenvalue weighted by Crippen LogP contribution is -2.34. The first-order valence-corrected chi connectivity index (χ1v) is 10.3. The van der Waals surface area contributed by atoms with Crippen LogP contribution < -0.4 is 0 Å². The first-order chi connectivity index (χ1) is 9.90. The Balaban J connectivity index is 1.28. The molecule has 3 saturated carbocycles. The molecule has 0 saturated heterocycles. The standard InChI is InChI=1S/C19H33FS/c1-12(2)19(20)10-16(19)11-21-17-8-15(9-17)7-14(4)18-6-5-13(18)3/h12-18H,5-11H2,1-4H3. The van der Waals surface area contributed by atoms with Crippen LogP contribution in [0.5, 0.6) is 0 Å². The monoisotopic (exact) mass is 312 g/mol. The van der Waals surface area contributed by atoms with Gasteiger partial charge in [-0.2, -0.15) is 11.8 Å². The third-order valence-electron chi connectivity index (χ3n) is 6.89. The molecular weight excluding hydrogens is 279 g/mol. The van der Waals surface area contributed by atoms with Crippen molar-refractivity contribution >= 4 is 11.8 Å². The Morgan fingerprint density at radius 1 is 1.19 bits per heavy atom. The second kappa shape index (κ2) is 6.06. The molecule has 3 fully saturated rings. The van der Waals surface area contributed by atoms with Gasteiger partial charge < -0.3 is 0 Å². The Bertz CT molecular complexity index is 363. The SMILES string of the molecule is CC1CCC1C(C)CC1CC(SCC2CC2(F)C(C)C)C1. The molecule has 0 N–H and O–H groups in total. The van der Waals surface area contributed by atoms with Gasteiger partial charge in [0.25, 0.3) is 0 Å². The summed E-state index contributed by atoms with van der Waals surface area (Å²) in [7, 11) is 0. The van der Waals surface area contributed by atoms with Crippen molar-refractivity contribution < 1.29 is 4.39 Å². The van der Waals surface area contributed by atoms with E-state index in [-0.39, 0.29) is 5.92 Å². The second-order valence-corrected chi connectivity index (χ2v) is 10.0. The van der Waals surface area contributed by atoms with E-state index in [1.165, 1.54) is 32.1 Å². The summed E-state index contributed by atoms with van der Waals surface area (Å²) >= 11 is 2.07. The average molecular weight is 313 g/mol. The Morgan fingerprint density at radius 3 is 2.38 bits per heavy atom. The van der Waals surface area contributed by atoms with Crippen molar-refractivity contribution in [2.75, 3.05) is 5.75 Å². The van der Waals surface area contributed by atoms with Crippen molar-refractivity contribution in [2.24, 2.45) is 35.5 Å². The van der Waals surface area contributed by atoms with Crippen LogP contribution in [0.4, 0.5) is 4.39 Å². The molecule has 5 atom stereocenters. The van der Waals surface area contributed by atoms with Crippen LogP contribution in [0, 0.1) is 35.5 Å². The van der Waals surface area contributed by atoms with Crippen molar-refractivity contribution in [3.63, 3.8) is 0 Å². The first kappa shape index (κ1) is 16.1. The highest BCUT2D eigenvalue weighted by atomic mass is 32.2. The summed E-state index contributed by atoms with van der Waals surface area (Å²) in [6, 6.07) is 0. The molecule has 122 valence electrons. The van der Waals surface area contributed by atoms with E-state index in [0.29, 0.717) is 5.92 Å². The number of alkyl halides is 1. The molecule has 0 amide bonds. The van der Waals surface area contributed by atoms with E-state index in [2.05, 4.69) is 25.6 Å². The molecule has 3 rings (SSSR count). The molecule has 0 aromatic rings. The van der Waals surface area contributed by atoms with Gasteiger partial charge in [-0.05, 0) is 67.4 Å². The van der Waals surface area contributed by atoms with Crippen LogP contribution >= 0.6 is 11.8 Å². The maximum atomic E-state index is 14.3. The molecular formula is C19H33FS. The van der Waals surface area contributed by atoms with Crippen LogP contribution in [-0.2, 0) is 0 Å². The summed E-state index contributed by atoms with van der Waals surface area (Å²) in [6.45, 7) is 8.97. The van der Waals surface area contributed by atoms with Crippen LogP contribution in [0.15, 0.2) is 0 Å². The number of halogens is 1. The predicted octanol–water partition coefficient (Wildman–Crippen LogP) is 5.95. The normalized spacial score (nSPS) is 46.9. The van der Waals surface area contributed by atoms with Gasteiger partial charge in [0, 0.05) is 11.2 Å². The lowest BCUT2D eigenvalue weighted by Gasteiger charge is -2.43. The van der Waals surface area contributed by atoms with Crippen molar-refractivity contribution in [3.8, 4) is 0 Å². The van der Waals surface area contributed by atoms with E-state index < -0.39 is 5.67 Å². The predicted molar refractivity (Wildman–Crippen MR) is 91.4 cm³/mol. The quantitative estimate of drug-likeness (QED) is 0.559. The molecule has 21 heavy (non-hydrogen) atoms. The number of hydrogen-bond acceptors (Lipinski definition) is 1. The van der Waals surface area contributed by atoms with E-state index >= 15 is 0 Å². The molecule has 0 aromatic carbocycles. The fourth-order valence-corrected chi connectivity index (χ4v) is 6.43. The van der Waals surface area contributed by atoms with Crippen molar-refractivity contribution in [2.45, 2.75) is 77.1 Å². The second-order valence-electron chi connectivity index (χ2n) is 8.71. The summed E-state index contributed by atoms with van der Waals surface area (Å²) in [5, 5.41) is 0.845.